The molecule has 1 aliphatic rings. The second-order valence-electron chi connectivity index (χ2n) is 11.8. The lowest BCUT2D eigenvalue weighted by molar-refractivity contribution is -0.119. The van der Waals surface area contributed by atoms with Crippen molar-refractivity contribution in [3.05, 3.63) is 101 Å². The third kappa shape index (κ3) is 9.02. The van der Waals surface area contributed by atoms with Gasteiger partial charge >= 0.3 is 0 Å². The van der Waals surface area contributed by atoms with Gasteiger partial charge in [-0.1, -0.05) is 94.3 Å². The molecule has 1 heterocycles. The van der Waals surface area contributed by atoms with Gasteiger partial charge in [0.25, 0.3) is 5.91 Å². The van der Waals surface area contributed by atoms with Crippen LogP contribution in [0.15, 0.2) is 78.9 Å². The average Bonchev–Trinajstić information content (AvgIpc) is 3.01. The summed E-state index contributed by atoms with van der Waals surface area (Å²) in [6.07, 6.45) is 6.04. The zero-order valence-corrected chi connectivity index (χ0v) is 25.2. The second-order valence-corrected chi connectivity index (χ2v) is 11.8. The summed E-state index contributed by atoms with van der Waals surface area (Å²) < 4.78 is 0. The molecule has 5 nitrogen and oxygen atoms in total. The van der Waals surface area contributed by atoms with Gasteiger partial charge in [-0.05, 0) is 60.1 Å². The van der Waals surface area contributed by atoms with Crippen LogP contribution in [-0.4, -0.2) is 47.8 Å². The van der Waals surface area contributed by atoms with E-state index in [2.05, 4.69) is 68.1 Å². The number of para-hydroxylation sites is 1. The molecule has 0 aliphatic carbocycles. The van der Waals surface area contributed by atoms with Gasteiger partial charge in [0.2, 0.25) is 5.91 Å². The van der Waals surface area contributed by atoms with Crippen LogP contribution in [0.25, 0.3) is 0 Å². The normalized spacial score (nSPS) is 14.9. The van der Waals surface area contributed by atoms with Crippen molar-refractivity contribution in [2.75, 3.05) is 31.1 Å². The third-order valence-electron chi connectivity index (χ3n) is 7.88. The van der Waals surface area contributed by atoms with Gasteiger partial charge in [0.05, 0.1) is 0 Å². The number of carbonyl (C=O) groups is 2. The van der Waals surface area contributed by atoms with Crippen molar-refractivity contribution in [3.8, 4) is 0 Å². The summed E-state index contributed by atoms with van der Waals surface area (Å²) in [6, 6.07) is 26.8. The molecule has 4 rings (SSSR count). The predicted molar refractivity (Wildman–Crippen MR) is 169 cm³/mol. The van der Waals surface area contributed by atoms with E-state index in [1.54, 1.807) is 0 Å². The van der Waals surface area contributed by atoms with E-state index < -0.39 is 0 Å². The number of amides is 2. The fourth-order valence-corrected chi connectivity index (χ4v) is 5.61. The van der Waals surface area contributed by atoms with Crippen LogP contribution < -0.4 is 4.90 Å². The fraction of sp³-hybridized carbons (Fsp3) is 0.444. The van der Waals surface area contributed by atoms with E-state index in [0.29, 0.717) is 26.1 Å². The van der Waals surface area contributed by atoms with E-state index >= 15 is 0 Å². The maximum absolute atomic E-state index is 14.0. The Morgan fingerprint density at radius 3 is 2.24 bits per heavy atom. The predicted octanol–water partition coefficient (Wildman–Crippen LogP) is 7.35. The van der Waals surface area contributed by atoms with Crippen molar-refractivity contribution in [2.45, 2.75) is 72.4 Å². The van der Waals surface area contributed by atoms with E-state index in [9.17, 15) is 9.59 Å². The number of aryl methyl sites for hydroxylation is 1. The van der Waals surface area contributed by atoms with Crippen LogP contribution in [0.5, 0.6) is 0 Å². The second kappa shape index (κ2) is 15.5. The zero-order chi connectivity index (χ0) is 29.0. The van der Waals surface area contributed by atoms with Gasteiger partial charge in [-0.15, -0.1) is 0 Å². The van der Waals surface area contributed by atoms with Crippen LogP contribution in [0.3, 0.4) is 0 Å². The van der Waals surface area contributed by atoms with Crippen molar-refractivity contribution in [1.29, 1.82) is 0 Å². The maximum atomic E-state index is 14.0. The van der Waals surface area contributed by atoms with Crippen LogP contribution in [-0.2, 0) is 24.3 Å². The molecule has 0 atom stereocenters. The number of hydrogen-bond donors (Lipinski definition) is 0. The molecule has 41 heavy (non-hydrogen) atoms. The Balaban J connectivity index is 1.62. The summed E-state index contributed by atoms with van der Waals surface area (Å²) in [7, 11) is 0. The summed E-state index contributed by atoms with van der Waals surface area (Å²) in [4.78, 5) is 33.8. The largest absolute Gasteiger partial charge is 0.333 e. The highest BCUT2D eigenvalue weighted by molar-refractivity contribution is 5.95. The monoisotopic (exact) mass is 553 g/mol. The maximum Gasteiger partial charge on any atom is 0.254 e. The molecule has 0 saturated heterocycles. The summed E-state index contributed by atoms with van der Waals surface area (Å²) in [6.45, 7) is 10.6. The van der Waals surface area contributed by atoms with E-state index in [0.717, 1.165) is 49.3 Å². The van der Waals surface area contributed by atoms with Crippen LogP contribution in [0.4, 0.5) is 5.69 Å². The first-order valence-electron chi connectivity index (χ1n) is 15.5. The number of fused-ring (bicyclic) bond motifs is 1. The molecule has 0 radical (unpaired) electrons. The van der Waals surface area contributed by atoms with Crippen molar-refractivity contribution >= 4 is 17.5 Å². The Morgan fingerprint density at radius 1 is 0.780 bits per heavy atom. The van der Waals surface area contributed by atoms with Gasteiger partial charge in [0.15, 0.2) is 0 Å². The Kier molecular flexibility index (Phi) is 11.6. The lowest BCUT2D eigenvalue weighted by Crippen LogP contribution is -2.38. The minimum atomic E-state index is 0.0406. The third-order valence-corrected chi connectivity index (χ3v) is 7.88. The lowest BCUT2D eigenvalue weighted by Gasteiger charge is -2.28. The molecule has 3 aromatic carbocycles. The highest BCUT2D eigenvalue weighted by Crippen LogP contribution is 2.26. The molecule has 0 bridgehead atoms. The number of rotatable bonds is 9. The van der Waals surface area contributed by atoms with Crippen molar-refractivity contribution in [2.24, 2.45) is 5.92 Å². The standard InChI is InChI=1S/C36H47N3O2/c1-4-5-7-13-30-18-20-32(21-19-30)36(41)38-25-24-37(27-31-14-8-6-9-15-31)22-12-23-39(35(40)26-29(2)3)34-17-11-10-16-33(34)28-38/h6,8-11,14-21,29H,4-5,7,12-13,22-28H2,1-3H3. The first-order chi connectivity index (χ1) is 19.9. The number of unbranched alkanes of at least 4 members (excludes halogenated alkanes) is 2. The fourth-order valence-electron chi connectivity index (χ4n) is 5.61. The van der Waals surface area contributed by atoms with E-state index in [-0.39, 0.29) is 17.7 Å². The highest BCUT2D eigenvalue weighted by Gasteiger charge is 2.24. The minimum Gasteiger partial charge on any atom is -0.333 e. The first-order valence-corrected chi connectivity index (χ1v) is 15.5. The average molecular weight is 554 g/mol. The van der Waals surface area contributed by atoms with Crippen molar-refractivity contribution in [1.82, 2.24) is 9.80 Å². The molecule has 0 unspecified atom stereocenters. The molecule has 3 aromatic rings. The Hall–Kier alpha value is -3.44. The molecule has 5 heteroatoms. The molecule has 2 amide bonds. The topological polar surface area (TPSA) is 43.9 Å². The molecule has 0 saturated carbocycles. The van der Waals surface area contributed by atoms with Crippen LogP contribution in [0.1, 0.15) is 79.9 Å². The van der Waals surface area contributed by atoms with Crippen molar-refractivity contribution < 1.29 is 9.59 Å². The molecule has 0 fully saturated rings. The molecule has 0 N–H and O–H groups in total. The van der Waals surface area contributed by atoms with Crippen LogP contribution in [0, 0.1) is 5.92 Å². The lowest BCUT2D eigenvalue weighted by atomic mass is 10.0. The SMILES string of the molecule is CCCCCc1ccc(C(=O)N2CCN(Cc3ccccc3)CCCN(C(=O)CC(C)C)c3ccccc3C2)cc1. The molecular formula is C36H47N3O2. The first kappa shape index (κ1) is 30.5. The number of benzene rings is 3. The zero-order valence-electron chi connectivity index (χ0n) is 25.2. The Labute approximate surface area is 247 Å². The van der Waals surface area contributed by atoms with E-state index in [1.165, 1.54) is 30.4 Å². The number of hydrogen-bond acceptors (Lipinski definition) is 3. The molecule has 218 valence electrons. The molecule has 0 spiro atoms. The van der Waals surface area contributed by atoms with E-state index in [4.69, 9.17) is 0 Å². The van der Waals surface area contributed by atoms with Gasteiger partial charge < -0.3 is 9.80 Å². The smallest absolute Gasteiger partial charge is 0.254 e. The molecule has 1 aliphatic heterocycles. The highest BCUT2D eigenvalue weighted by atomic mass is 16.2. The quantitative estimate of drug-likeness (QED) is 0.260. The van der Waals surface area contributed by atoms with Gasteiger partial charge in [0.1, 0.15) is 0 Å². The van der Waals surface area contributed by atoms with Gasteiger partial charge in [-0.25, -0.2) is 0 Å². The van der Waals surface area contributed by atoms with Crippen molar-refractivity contribution in [3.63, 3.8) is 0 Å². The summed E-state index contributed by atoms with van der Waals surface area (Å²) in [5.74, 6) is 0.474. The van der Waals surface area contributed by atoms with Crippen LogP contribution in [0.2, 0.25) is 0 Å². The number of nitrogens with zero attached hydrogens (tertiary/aromatic N) is 3. The number of carbonyl (C=O) groups excluding carboxylic acids is 2. The molecule has 0 aromatic heterocycles. The van der Waals surface area contributed by atoms with Crippen LogP contribution >= 0.6 is 0 Å². The van der Waals surface area contributed by atoms with Gasteiger partial charge in [-0.2, -0.15) is 0 Å². The summed E-state index contributed by atoms with van der Waals surface area (Å²) >= 11 is 0. The van der Waals surface area contributed by atoms with Gasteiger partial charge in [0, 0.05) is 56.9 Å². The van der Waals surface area contributed by atoms with E-state index in [1.807, 2.05) is 46.2 Å². The summed E-state index contributed by atoms with van der Waals surface area (Å²) in [5, 5.41) is 0. The summed E-state index contributed by atoms with van der Waals surface area (Å²) in [5.41, 5.74) is 5.21. The van der Waals surface area contributed by atoms with Gasteiger partial charge in [-0.3, -0.25) is 14.5 Å². The number of anilines is 1. The Morgan fingerprint density at radius 2 is 1.51 bits per heavy atom. The molecular weight excluding hydrogens is 506 g/mol. The Bertz CT molecular complexity index is 1240. The minimum absolute atomic E-state index is 0.0406.